The van der Waals surface area contributed by atoms with Gasteiger partial charge in [-0.3, -0.25) is 0 Å². The van der Waals surface area contributed by atoms with Crippen molar-refractivity contribution in [2.24, 2.45) is 0 Å². The van der Waals surface area contributed by atoms with Crippen LogP contribution in [0.5, 0.6) is 0 Å². The first-order valence-corrected chi connectivity index (χ1v) is 5.54. The number of aryl methyl sites for hydroxylation is 1. The van der Waals surface area contributed by atoms with Gasteiger partial charge in [-0.25, -0.2) is 0 Å². The highest BCUT2D eigenvalue weighted by atomic mass is 32.1. The van der Waals surface area contributed by atoms with Gasteiger partial charge in [-0.05, 0) is 25.0 Å². The maximum atomic E-state index is 3.33. The zero-order valence-electron chi connectivity index (χ0n) is 7.47. The standard InChI is InChI=1S/C10H15NS/c1-2-3-4-8-5-6-10(12-8)9-7-11-9/h5-6,9,11H,2-4,7H2,1H3/t9-/m1/s1. The Morgan fingerprint density at radius 2 is 2.42 bits per heavy atom. The van der Waals surface area contributed by atoms with Gasteiger partial charge in [0.1, 0.15) is 0 Å². The van der Waals surface area contributed by atoms with Gasteiger partial charge in [-0.2, -0.15) is 0 Å². The van der Waals surface area contributed by atoms with Crippen molar-refractivity contribution in [3.8, 4) is 0 Å². The molecule has 0 aliphatic carbocycles. The van der Waals surface area contributed by atoms with Gasteiger partial charge in [0, 0.05) is 16.3 Å². The van der Waals surface area contributed by atoms with Crippen molar-refractivity contribution in [3.05, 3.63) is 21.9 Å². The number of hydrogen-bond donors (Lipinski definition) is 1. The highest BCUT2D eigenvalue weighted by molar-refractivity contribution is 7.12. The molecule has 1 fully saturated rings. The minimum Gasteiger partial charge on any atom is -0.306 e. The third-order valence-electron chi connectivity index (χ3n) is 2.21. The quantitative estimate of drug-likeness (QED) is 0.709. The van der Waals surface area contributed by atoms with E-state index in [1.54, 1.807) is 4.88 Å². The van der Waals surface area contributed by atoms with Crippen LogP contribution in [0.4, 0.5) is 0 Å². The van der Waals surface area contributed by atoms with Crippen molar-refractivity contribution in [1.29, 1.82) is 0 Å². The average molecular weight is 181 g/mol. The minimum atomic E-state index is 0.699. The van der Waals surface area contributed by atoms with Crippen molar-refractivity contribution in [3.63, 3.8) is 0 Å². The molecule has 0 radical (unpaired) electrons. The van der Waals surface area contributed by atoms with Gasteiger partial charge in [0.2, 0.25) is 0 Å². The van der Waals surface area contributed by atoms with E-state index in [1.165, 1.54) is 30.7 Å². The molecule has 2 rings (SSSR count). The Labute approximate surface area is 77.8 Å². The third kappa shape index (κ3) is 1.87. The van der Waals surface area contributed by atoms with Crippen molar-refractivity contribution >= 4 is 11.3 Å². The van der Waals surface area contributed by atoms with E-state index in [0.29, 0.717) is 6.04 Å². The summed E-state index contributed by atoms with van der Waals surface area (Å²) in [5.41, 5.74) is 0. The van der Waals surface area contributed by atoms with Crippen LogP contribution in [0.15, 0.2) is 12.1 Å². The van der Waals surface area contributed by atoms with Crippen LogP contribution in [0, 0.1) is 0 Å². The first-order valence-electron chi connectivity index (χ1n) is 4.72. The lowest BCUT2D eigenvalue weighted by Gasteiger charge is -1.92. The number of unbranched alkanes of at least 4 members (excludes halogenated alkanes) is 1. The first-order chi connectivity index (χ1) is 5.90. The molecule has 1 atom stereocenters. The van der Waals surface area contributed by atoms with Crippen molar-refractivity contribution in [2.75, 3.05) is 6.54 Å². The molecule has 2 heteroatoms. The molecule has 0 unspecified atom stereocenters. The van der Waals surface area contributed by atoms with E-state index in [4.69, 9.17) is 0 Å². The fourth-order valence-electron chi connectivity index (χ4n) is 1.33. The smallest absolute Gasteiger partial charge is 0.0542 e. The second-order valence-corrected chi connectivity index (χ2v) is 4.57. The molecule has 1 aliphatic rings. The van der Waals surface area contributed by atoms with Gasteiger partial charge >= 0.3 is 0 Å². The number of thiophene rings is 1. The summed E-state index contributed by atoms with van der Waals surface area (Å²) in [6.07, 6.45) is 3.90. The summed E-state index contributed by atoms with van der Waals surface area (Å²) in [7, 11) is 0. The van der Waals surface area contributed by atoms with Gasteiger partial charge in [-0.15, -0.1) is 11.3 Å². The number of nitrogens with one attached hydrogen (secondary N) is 1. The average Bonchev–Trinajstić information content (AvgIpc) is 2.83. The van der Waals surface area contributed by atoms with Gasteiger partial charge in [0.15, 0.2) is 0 Å². The molecule has 12 heavy (non-hydrogen) atoms. The van der Waals surface area contributed by atoms with Gasteiger partial charge in [-0.1, -0.05) is 13.3 Å². The minimum absolute atomic E-state index is 0.699. The molecule has 0 spiro atoms. The second kappa shape index (κ2) is 3.58. The Morgan fingerprint density at radius 1 is 1.58 bits per heavy atom. The molecular formula is C10H15NS. The number of hydrogen-bond acceptors (Lipinski definition) is 2. The first kappa shape index (κ1) is 8.27. The second-order valence-electron chi connectivity index (χ2n) is 3.37. The third-order valence-corrected chi connectivity index (χ3v) is 3.47. The van der Waals surface area contributed by atoms with Crippen LogP contribution in [-0.4, -0.2) is 6.54 Å². The molecule has 1 nitrogen and oxygen atoms in total. The Bertz CT molecular complexity index is 250. The fourth-order valence-corrected chi connectivity index (χ4v) is 2.46. The predicted octanol–water partition coefficient (Wildman–Crippen LogP) is 2.74. The fraction of sp³-hybridized carbons (Fsp3) is 0.600. The van der Waals surface area contributed by atoms with E-state index in [0.717, 1.165) is 0 Å². The lowest BCUT2D eigenvalue weighted by molar-refractivity contribution is 0.804. The molecule has 1 saturated heterocycles. The van der Waals surface area contributed by atoms with E-state index in [1.807, 2.05) is 11.3 Å². The maximum Gasteiger partial charge on any atom is 0.0542 e. The monoisotopic (exact) mass is 181 g/mol. The van der Waals surface area contributed by atoms with E-state index >= 15 is 0 Å². The van der Waals surface area contributed by atoms with E-state index < -0.39 is 0 Å². The van der Waals surface area contributed by atoms with Crippen LogP contribution in [0.25, 0.3) is 0 Å². The molecule has 0 amide bonds. The van der Waals surface area contributed by atoms with Crippen molar-refractivity contribution in [1.82, 2.24) is 5.32 Å². The van der Waals surface area contributed by atoms with Gasteiger partial charge < -0.3 is 5.32 Å². The summed E-state index contributed by atoms with van der Waals surface area (Å²) in [5.74, 6) is 0. The lowest BCUT2D eigenvalue weighted by atomic mass is 10.2. The zero-order chi connectivity index (χ0) is 8.39. The molecule has 1 aliphatic heterocycles. The summed E-state index contributed by atoms with van der Waals surface area (Å²) in [6, 6.07) is 5.26. The molecule has 1 aromatic heterocycles. The zero-order valence-corrected chi connectivity index (χ0v) is 8.29. The van der Waals surface area contributed by atoms with Crippen LogP contribution < -0.4 is 5.32 Å². The van der Waals surface area contributed by atoms with Crippen LogP contribution >= 0.6 is 11.3 Å². The summed E-state index contributed by atoms with van der Waals surface area (Å²) >= 11 is 1.98. The molecule has 2 heterocycles. The molecule has 1 N–H and O–H groups in total. The molecule has 0 aromatic carbocycles. The maximum absolute atomic E-state index is 3.33. The van der Waals surface area contributed by atoms with Crippen LogP contribution in [0.1, 0.15) is 35.6 Å². The largest absolute Gasteiger partial charge is 0.306 e. The Hall–Kier alpha value is -0.340. The summed E-state index contributed by atoms with van der Waals surface area (Å²) in [5, 5.41) is 3.33. The topological polar surface area (TPSA) is 21.9 Å². The van der Waals surface area contributed by atoms with Crippen molar-refractivity contribution < 1.29 is 0 Å². The Morgan fingerprint density at radius 3 is 3.08 bits per heavy atom. The van der Waals surface area contributed by atoms with Gasteiger partial charge in [0.25, 0.3) is 0 Å². The normalized spacial score (nSPS) is 21.2. The van der Waals surface area contributed by atoms with Crippen LogP contribution in [-0.2, 0) is 6.42 Å². The number of rotatable bonds is 4. The van der Waals surface area contributed by atoms with Crippen molar-refractivity contribution in [2.45, 2.75) is 32.2 Å². The molecule has 1 aromatic rings. The Kier molecular flexibility index (Phi) is 2.47. The summed E-state index contributed by atoms with van der Waals surface area (Å²) < 4.78 is 0. The highest BCUT2D eigenvalue weighted by Gasteiger charge is 2.23. The van der Waals surface area contributed by atoms with E-state index in [9.17, 15) is 0 Å². The molecule has 0 saturated carbocycles. The van der Waals surface area contributed by atoms with Gasteiger partial charge in [0.05, 0.1) is 6.04 Å². The molecule has 0 bridgehead atoms. The summed E-state index contributed by atoms with van der Waals surface area (Å²) in [6.45, 7) is 3.44. The molecular weight excluding hydrogens is 166 g/mol. The Balaban J connectivity index is 1.93. The summed E-state index contributed by atoms with van der Waals surface area (Å²) in [4.78, 5) is 3.08. The SMILES string of the molecule is CCCCc1ccc([C@H]2CN2)s1. The highest BCUT2D eigenvalue weighted by Crippen LogP contribution is 2.29. The van der Waals surface area contributed by atoms with Crippen LogP contribution in [0.2, 0.25) is 0 Å². The van der Waals surface area contributed by atoms with E-state index in [2.05, 4.69) is 24.4 Å². The van der Waals surface area contributed by atoms with E-state index in [-0.39, 0.29) is 0 Å². The van der Waals surface area contributed by atoms with Crippen LogP contribution in [0.3, 0.4) is 0 Å². The predicted molar refractivity (Wildman–Crippen MR) is 53.7 cm³/mol. The lowest BCUT2D eigenvalue weighted by Crippen LogP contribution is -1.77. The molecule has 66 valence electrons.